The first-order valence-electron chi connectivity index (χ1n) is 6.22. The van der Waals surface area contributed by atoms with Gasteiger partial charge in [0, 0.05) is 11.1 Å². The van der Waals surface area contributed by atoms with Crippen molar-refractivity contribution in [2.24, 2.45) is 0 Å². The average Bonchev–Trinajstić information content (AvgIpc) is 2.29. The largest absolute Gasteiger partial charge is 0.478 e. The zero-order chi connectivity index (χ0) is 15.1. The molecule has 0 unspecified atom stereocenters. The molecule has 1 saturated carbocycles. The second-order valence-corrected chi connectivity index (χ2v) is 7.06. The molecule has 0 radical (unpaired) electrons. The first kappa shape index (κ1) is 14.9. The second-order valence-electron chi connectivity index (χ2n) is 5.41. The molecule has 20 heavy (non-hydrogen) atoms. The van der Waals surface area contributed by atoms with Gasteiger partial charge >= 0.3 is 5.97 Å². The Labute approximate surface area is 116 Å². The summed E-state index contributed by atoms with van der Waals surface area (Å²) in [5.41, 5.74) is -0.987. The van der Waals surface area contributed by atoms with Gasteiger partial charge in [-0.2, -0.15) is 0 Å². The summed E-state index contributed by atoms with van der Waals surface area (Å²) in [4.78, 5) is 10.6. The van der Waals surface area contributed by atoms with E-state index in [1.54, 1.807) is 6.92 Å². The molecule has 2 rings (SSSR count). The average molecular weight is 301 g/mol. The number of hydrogen-bond donors (Lipinski definition) is 2. The summed E-state index contributed by atoms with van der Waals surface area (Å²) in [5.74, 6) is -2.21. The van der Waals surface area contributed by atoms with Crippen LogP contribution in [-0.4, -0.2) is 25.0 Å². The number of carboxylic acid groups (broad SMARTS) is 1. The van der Waals surface area contributed by atoms with Gasteiger partial charge in [0.05, 0.1) is 10.5 Å². The molecule has 7 heteroatoms. The van der Waals surface area contributed by atoms with Crippen LogP contribution in [0, 0.1) is 12.7 Å². The van der Waals surface area contributed by atoms with E-state index in [0.717, 1.165) is 18.6 Å². The molecular formula is C13H16FNO4S. The molecule has 1 aliphatic rings. The Balaban J connectivity index is 2.47. The summed E-state index contributed by atoms with van der Waals surface area (Å²) < 4.78 is 40.9. The van der Waals surface area contributed by atoms with Crippen molar-refractivity contribution in [1.82, 2.24) is 4.72 Å². The molecule has 1 aromatic rings. The van der Waals surface area contributed by atoms with Gasteiger partial charge < -0.3 is 5.11 Å². The Kier molecular flexibility index (Phi) is 3.60. The fourth-order valence-corrected chi connectivity index (χ4v) is 3.99. The van der Waals surface area contributed by atoms with Crippen molar-refractivity contribution in [3.05, 3.63) is 29.1 Å². The van der Waals surface area contributed by atoms with Crippen molar-refractivity contribution in [1.29, 1.82) is 0 Å². The Morgan fingerprint density at radius 3 is 2.45 bits per heavy atom. The van der Waals surface area contributed by atoms with Crippen LogP contribution in [0.4, 0.5) is 4.39 Å². The molecule has 1 fully saturated rings. The van der Waals surface area contributed by atoms with E-state index in [-0.39, 0.29) is 16.0 Å². The molecule has 1 aliphatic carbocycles. The van der Waals surface area contributed by atoms with Crippen molar-refractivity contribution in [3.63, 3.8) is 0 Å². The van der Waals surface area contributed by atoms with Gasteiger partial charge in [-0.05, 0) is 45.2 Å². The molecule has 5 nitrogen and oxygen atoms in total. The molecular weight excluding hydrogens is 285 g/mol. The van der Waals surface area contributed by atoms with Crippen LogP contribution in [0.3, 0.4) is 0 Å². The Morgan fingerprint density at radius 1 is 1.40 bits per heavy atom. The molecule has 0 saturated heterocycles. The van der Waals surface area contributed by atoms with Crippen LogP contribution < -0.4 is 4.72 Å². The highest BCUT2D eigenvalue weighted by Crippen LogP contribution is 2.33. The lowest BCUT2D eigenvalue weighted by Gasteiger charge is -2.38. The van der Waals surface area contributed by atoms with Crippen LogP contribution in [0.1, 0.15) is 42.1 Å². The number of carboxylic acids is 1. The van der Waals surface area contributed by atoms with Crippen LogP contribution in [0.25, 0.3) is 0 Å². The third-order valence-corrected chi connectivity index (χ3v) is 5.44. The summed E-state index contributed by atoms with van der Waals surface area (Å²) in [5, 5.41) is 8.90. The van der Waals surface area contributed by atoms with E-state index in [0.29, 0.717) is 12.8 Å². The lowest BCUT2D eigenvalue weighted by Crippen LogP contribution is -2.50. The molecule has 0 heterocycles. The highest BCUT2D eigenvalue weighted by molar-refractivity contribution is 7.89. The van der Waals surface area contributed by atoms with Gasteiger partial charge in [-0.3, -0.25) is 0 Å². The number of aromatic carboxylic acids is 1. The van der Waals surface area contributed by atoms with Crippen molar-refractivity contribution in [3.8, 4) is 0 Å². The van der Waals surface area contributed by atoms with E-state index in [2.05, 4.69) is 4.72 Å². The molecule has 0 aliphatic heterocycles. The van der Waals surface area contributed by atoms with E-state index >= 15 is 0 Å². The summed E-state index contributed by atoms with van der Waals surface area (Å²) in [7, 11) is -3.94. The van der Waals surface area contributed by atoms with Gasteiger partial charge in [-0.25, -0.2) is 22.3 Å². The van der Waals surface area contributed by atoms with Crippen LogP contribution in [0.5, 0.6) is 0 Å². The molecule has 1 aromatic carbocycles. The monoisotopic (exact) mass is 301 g/mol. The van der Waals surface area contributed by atoms with Crippen LogP contribution in [-0.2, 0) is 10.0 Å². The smallest absolute Gasteiger partial charge is 0.335 e. The number of hydrogen-bond acceptors (Lipinski definition) is 3. The van der Waals surface area contributed by atoms with Gasteiger partial charge in [0.2, 0.25) is 10.0 Å². The molecule has 110 valence electrons. The SMILES string of the molecule is Cc1c(F)cc(C(=O)O)cc1S(=O)(=O)NC1(C)CCC1. The van der Waals surface area contributed by atoms with Crippen molar-refractivity contribution in [2.45, 2.75) is 43.5 Å². The highest BCUT2D eigenvalue weighted by atomic mass is 32.2. The Morgan fingerprint density at radius 2 is 2.00 bits per heavy atom. The third kappa shape index (κ3) is 2.69. The molecule has 0 aromatic heterocycles. The predicted octanol–water partition coefficient (Wildman–Crippen LogP) is 2.05. The lowest BCUT2D eigenvalue weighted by molar-refractivity contribution is 0.0696. The Bertz CT molecular complexity index is 665. The fraction of sp³-hybridized carbons (Fsp3) is 0.462. The maximum Gasteiger partial charge on any atom is 0.335 e. The molecule has 0 spiro atoms. The normalized spacial score (nSPS) is 17.6. The van der Waals surface area contributed by atoms with Gasteiger partial charge in [-0.1, -0.05) is 0 Å². The Hall–Kier alpha value is -1.47. The van der Waals surface area contributed by atoms with Gasteiger partial charge in [0.1, 0.15) is 5.82 Å². The predicted molar refractivity (Wildman–Crippen MR) is 70.7 cm³/mol. The zero-order valence-electron chi connectivity index (χ0n) is 11.2. The molecule has 2 N–H and O–H groups in total. The molecule has 0 amide bonds. The maximum atomic E-state index is 13.7. The standard InChI is InChI=1S/C13H16FNO4S/c1-8-10(14)6-9(12(16)17)7-11(8)20(18,19)15-13(2)4-3-5-13/h6-7,15H,3-5H2,1-2H3,(H,16,17). The zero-order valence-corrected chi connectivity index (χ0v) is 12.1. The number of benzene rings is 1. The van der Waals surface area contributed by atoms with Crippen LogP contribution in [0.15, 0.2) is 17.0 Å². The number of halogens is 1. The highest BCUT2D eigenvalue weighted by Gasteiger charge is 2.37. The number of nitrogens with one attached hydrogen (secondary N) is 1. The van der Waals surface area contributed by atoms with Gasteiger partial charge in [0.15, 0.2) is 0 Å². The second kappa shape index (κ2) is 4.82. The van der Waals surface area contributed by atoms with Gasteiger partial charge in [0.25, 0.3) is 0 Å². The minimum atomic E-state index is -3.94. The summed E-state index contributed by atoms with van der Waals surface area (Å²) >= 11 is 0. The van der Waals surface area contributed by atoms with Crippen molar-refractivity contribution < 1.29 is 22.7 Å². The van der Waals surface area contributed by atoms with E-state index in [9.17, 15) is 17.6 Å². The molecule has 0 bridgehead atoms. The van der Waals surface area contributed by atoms with E-state index in [1.165, 1.54) is 6.92 Å². The third-order valence-electron chi connectivity index (χ3n) is 3.67. The van der Waals surface area contributed by atoms with E-state index in [4.69, 9.17) is 5.11 Å². The minimum Gasteiger partial charge on any atom is -0.478 e. The summed E-state index contributed by atoms with van der Waals surface area (Å²) in [6.45, 7) is 3.10. The maximum absolute atomic E-state index is 13.7. The lowest BCUT2D eigenvalue weighted by atomic mass is 9.80. The quantitative estimate of drug-likeness (QED) is 0.891. The van der Waals surface area contributed by atoms with E-state index in [1.807, 2.05) is 0 Å². The number of carbonyl (C=O) groups is 1. The first-order chi connectivity index (χ1) is 9.15. The molecule has 0 atom stereocenters. The summed E-state index contributed by atoms with van der Waals surface area (Å²) in [6, 6.07) is 1.81. The van der Waals surface area contributed by atoms with Crippen molar-refractivity contribution >= 4 is 16.0 Å². The number of rotatable bonds is 4. The van der Waals surface area contributed by atoms with E-state index < -0.39 is 27.3 Å². The van der Waals surface area contributed by atoms with Crippen LogP contribution in [0.2, 0.25) is 0 Å². The fourth-order valence-electron chi connectivity index (χ4n) is 2.24. The van der Waals surface area contributed by atoms with Crippen molar-refractivity contribution in [2.75, 3.05) is 0 Å². The van der Waals surface area contributed by atoms with Gasteiger partial charge in [-0.15, -0.1) is 0 Å². The minimum absolute atomic E-state index is 0.0783. The number of sulfonamides is 1. The van der Waals surface area contributed by atoms with Crippen LogP contribution >= 0.6 is 0 Å². The topological polar surface area (TPSA) is 83.5 Å². The first-order valence-corrected chi connectivity index (χ1v) is 7.70. The summed E-state index contributed by atoms with van der Waals surface area (Å²) in [6.07, 6.45) is 2.36.